The number of phenolic OH excluding ortho intramolecular Hbond substituents is 1. The van der Waals surface area contributed by atoms with Crippen LogP contribution < -0.4 is 15.8 Å². The third kappa shape index (κ3) is 4.19. The normalized spacial score (nSPS) is 15.1. The molecule has 1 atom stereocenters. The van der Waals surface area contributed by atoms with Gasteiger partial charge in [0.2, 0.25) is 0 Å². The molecular formula is C23H26N4O4. The van der Waals surface area contributed by atoms with Crippen molar-refractivity contribution in [3.05, 3.63) is 63.6 Å². The zero-order chi connectivity index (χ0) is 22.1. The molecule has 0 amide bonds. The van der Waals surface area contributed by atoms with E-state index in [0.717, 1.165) is 37.1 Å². The summed E-state index contributed by atoms with van der Waals surface area (Å²) in [6.45, 7) is 5.57. The van der Waals surface area contributed by atoms with Crippen LogP contribution in [0.1, 0.15) is 53.7 Å². The van der Waals surface area contributed by atoms with Crippen LogP contribution in [0, 0.1) is 6.92 Å². The molecule has 3 N–H and O–H groups in total. The van der Waals surface area contributed by atoms with Crippen molar-refractivity contribution in [3.8, 4) is 5.75 Å². The number of rotatable bonds is 5. The van der Waals surface area contributed by atoms with Crippen molar-refractivity contribution >= 4 is 23.1 Å². The predicted octanol–water partition coefficient (Wildman–Crippen LogP) is 3.57. The maximum Gasteiger partial charge on any atom is 0.337 e. The van der Waals surface area contributed by atoms with E-state index >= 15 is 0 Å². The summed E-state index contributed by atoms with van der Waals surface area (Å²) in [6, 6.07) is 7.39. The fraction of sp³-hybridized carbons (Fsp3) is 0.348. The van der Waals surface area contributed by atoms with Gasteiger partial charge in [-0.25, -0.2) is 9.78 Å². The van der Waals surface area contributed by atoms with Gasteiger partial charge in [0, 0.05) is 36.6 Å². The lowest BCUT2D eigenvalue weighted by Crippen LogP contribution is -2.32. The number of benzene rings is 1. The van der Waals surface area contributed by atoms with Gasteiger partial charge in [-0.15, -0.1) is 0 Å². The number of aromatic hydroxyl groups is 1. The van der Waals surface area contributed by atoms with Crippen molar-refractivity contribution in [2.45, 2.75) is 39.2 Å². The number of aromatic nitrogens is 2. The maximum atomic E-state index is 12.9. The van der Waals surface area contributed by atoms with Gasteiger partial charge >= 0.3 is 5.97 Å². The number of nitrogens with one attached hydrogen (secondary N) is 1. The number of hydrogen-bond donors (Lipinski definition) is 3. The molecule has 1 fully saturated rings. The molecule has 0 spiro atoms. The van der Waals surface area contributed by atoms with E-state index in [9.17, 15) is 19.8 Å². The number of aromatic carboxylic acids is 1. The van der Waals surface area contributed by atoms with E-state index in [1.165, 1.54) is 24.6 Å². The Kier molecular flexibility index (Phi) is 5.54. The standard InChI is InChI=1S/C23H26N4O4/c1-14-10-17(15(2)24-19-7-6-16(28)11-18(19)23(30)31)22-25-20(12-21(29)27(22)13-14)26-8-4-3-5-9-26/h6-7,10-13,15,24,28H,3-5,8-9H2,1-2H3,(H,30,31). The first-order valence-corrected chi connectivity index (χ1v) is 10.5. The molecule has 0 radical (unpaired) electrons. The van der Waals surface area contributed by atoms with Crippen molar-refractivity contribution in [1.29, 1.82) is 0 Å². The van der Waals surface area contributed by atoms with Crippen LogP contribution >= 0.6 is 0 Å². The summed E-state index contributed by atoms with van der Waals surface area (Å²) >= 11 is 0. The van der Waals surface area contributed by atoms with Gasteiger partial charge in [-0.2, -0.15) is 0 Å². The first kappa shape index (κ1) is 20.7. The highest BCUT2D eigenvalue weighted by atomic mass is 16.4. The fourth-order valence-electron chi connectivity index (χ4n) is 4.11. The Labute approximate surface area is 179 Å². The summed E-state index contributed by atoms with van der Waals surface area (Å²) < 4.78 is 1.55. The summed E-state index contributed by atoms with van der Waals surface area (Å²) in [5.74, 6) is -0.574. The highest BCUT2D eigenvalue weighted by Crippen LogP contribution is 2.28. The smallest absolute Gasteiger partial charge is 0.337 e. The minimum atomic E-state index is -1.14. The molecule has 0 saturated carbocycles. The number of nitrogens with zero attached hydrogens (tertiary/aromatic N) is 3. The number of piperidine rings is 1. The van der Waals surface area contributed by atoms with Gasteiger partial charge in [0.25, 0.3) is 5.56 Å². The summed E-state index contributed by atoms with van der Waals surface area (Å²) in [6.07, 6.45) is 5.12. The largest absolute Gasteiger partial charge is 0.508 e. The Hall–Kier alpha value is -3.55. The molecule has 31 heavy (non-hydrogen) atoms. The van der Waals surface area contributed by atoms with Crippen LogP contribution in [0.15, 0.2) is 41.3 Å². The van der Waals surface area contributed by atoms with Crippen LogP contribution in [-0.4, -0.2) is 38.7 Å². The van der Waals surface area contributed by atoms with E-state index in [1.807, 2.05) is 19.9 Å². The highest BCUT2D eigenvalue weighted by Gasteiger charge is 2.19. The van der Waals surface area contributed by atoms with Gasteiger partial charge in [0.05, 0.1) is 11.6 Å². The van der Waals surface area contributed by atoms with Crippen LogP contribution in [0.2, 0.25) is 0 Å². The van der Waals surface area contributed by atoms with Crippen LogP contribution in [0.25, 0.3) is 5.65 Å². The van der Waals surface area contributed by atoms with Gasteiger partial charge in [-0.05, 0) is 62.9 Å². The topological polar surface area (TPSA) is 107 Å². The molecule has 0 aliphatic carbocycles. The molecule has 1 aliphatic rings. The van der Waals surface area contributed by atoms with Crippen LogP contribution in [0.4, 0.5) is 11.5 Å². The fourth-order valence-corrected chi connectivity index (χ4v) is 4.11. The average molecular weight is 422 g/mol. The van der Waals surface area contributed by atoms with E-state index < -0.39 is 5.97 Å². The van der Waals surface area contributed by atoms with Crippen molar-refractivity contribution < 1.29 is 15.0 Å². The second kappa shape index (κ2) is 8.29. The third-order valence-electron chi connectivity index (χ3n) is 5.66. The van der Waals surface area contributed by atoms with E-state index in [4.69, 9.17) is 4.98 Å². The van der Waals surface area contributed by atoms with Crippen LogP contribution in [0.5, 0.6) is 5.75 Å². The molecule has 1 aromatic carbocycles. The average Bonchev–Trinajstić information content (AvgIpc) is 2.75. The summed E-state index contributed by atoms with van der Waals surface area (Å²) in [4.78, 5) is 31.5. The third-order valence-corrected chi connectivity index (χ3v) is 5.66. The molecule has 8 nitrogen and oxygen atoms in total. The monoisotopic (exact) mass is 422 g/mol. The van der Waals surface area contributed by atoms with Gasteiger partial charge < -0.3 is 20.4 Å². The number of fused-ring (bicyclic) bond motifs is 1. The number of carboxylic acids is 1. The number of pyridine rings is 1. The van der Waals surface area contributed by atoms with E-state index in [2.05, 4.69) is 10.2 Å². The summed E-state index contributed by atoms with van der Waals surface area (Å²) in [5, 5.41) is 22.4. The molecular weight excluding hydrogens is 396 g/mol. The summed E-state index contributed by atoms with van der Waals surface area (Å²) in [5.41, 5.74) is 2.46. The molecule has 8 heteroatoms. The maximum absolute atomic E-state index is 12.9. The Morgan fingerprint density at radius 3 is 2.61 bits per heavy atom. The molecule has 1 unspecified atom stereocenters. The number of hydrogen-bond acceptors (Lipinski definition) is 6. The molecule has 162 valence electrons. The van der Waals surface area contributed by atoms with Gasteiger partial charge in [0.15, 0.2) is 0 Å². The second-order valence-corrected chi connectivity index (χ2v) is 8.07. The van der Waals surface area contributed by atoms with Crippen LogP contribution in [-0.2, 0) is 0 Å². The number of aryl methyl sites for hydroxylation is 1. The molecule has 4 rings (SSSR count). The quantitative estimate of drug-likeness (QED) is 0.540. The second-order valence-electron chi connectivity index (χ2n) is 8.07. The first-order valence-electron chi connectivity index (χ1n) is 10.5. The minimum absolute atomic E-state index is 0.0251. The lowest BCUT2D eigenvalue weighted by Gasteiger charge is -2.28. The molecule has 3 aromatic rings. The van der Waals surface area contributed by atoms with E-state index in [-0.39, 0.29) is 22.9 Å². The Balaban J connectivity index is 1.78. The molecule has 2 aromatic heterocycles. The molecule has 3 heterocycles. The number of phenols is 1. The minimum Gasteiger partial charge on any atom is -0.508 e. The van der Waals surface area contributed by atoms with Gasteiger partial charge in [0.1, 0.15) is 17.2 Å². The molecule has 1 saturated heterocycles. The van der Waals surface area contributed by atoms with E-state index in [0.29, 0.717) is 17.2 Å². The highest BCUT2D eigenvalue weighted by molar-refractivity contribution is 5.94. The lowest BCUT2D eigenvalue weighted by molar-refractivity contribution is 0.0697. The van der Waals surface area contributed by atoms with Crippen LogP contribution in [0.3, 0.4) is 0 Å². The number of anilines is 2. The Bertz CT molecular complexity index is 1200. The summed E-state index contributed by atoms with van der Waals surface area (Å²) in [7, 11) is 0. The lowest BCUT2D eigenvalue weighted by atomic mass is 10.1. The zero-order valence-electron chi connectivity index (χ0n) is 17.6. The predicted molar refractivity (Wildman–Crippen MR) is 119 cm³/mol. The van der Waals surface area contributed by atoms with Crippen molar-refractivity contribution in [2.24, 2.45) is 0 Å². The Morgan fingerprint density at radius 1 is 1.16 bits per heavy atom. The molecule has 0 bridgehead atoms. The number of carboxylic acid groups (broad SMARTS) is 1. The van der Waals surface area contributed by atoms with Crippen molar-refractivity contribution in [3.63, 3.8) is 0 Å². The number of carbonyl (C=O) groups is 1. The SMILES string of the molecule is Cc1cc(C(C)Nc2ccc(O)cc2C(=O)O)c2nc(N3CCCCC3)cc(=O)n2c1. The Morgan fingerprint density at radius 2 is 1.90 bits per heavy atom. The zero-order valence-corrected chi connectivity index (χ0v) is 17.6. The van der Waals surface area contributed by atoms with Gasteiger partial charge in [-0.3, -0.25) is 9.20 Å². The van der Waals surface area contributed by atoms with E-state index in [1.54, 1.807) is 16.7 Å². The van der Waals surface area contributed by atoms with Gasteiger partial charge in [-0.1, -0.05) is 0 Å². The molecule has 1 aliphatic heterocycles. The first-order chi connectivity index (χ1) is 14.8. The van der Waals surface area contributed by atoms with Crippen molar-refractivity contribution in [2.75, 3.05) is 23.3 Å². The van der Waals surface area contributed by atoms with Crippen molar-refractivity contribution in [1.82, 2.24) is 9.38 Å².